The third kappa shape index (κ3) is 3.40. The van der Waals surface area contributed by atoms with E-state index in [1.54, 1.807) is 55.7 Å². The summed E-state index contributed by atoms with van der Waals surface area (Å²) in [4.78, 5) is 20.7. The van der Waals surface area contributed by atoms with E-state index >= 15 is 0 Å². The van der Waals surface area contributed by atoms with E-state index in [4.69, 9.17) is 0 Å². The van der Waals surface area contributed by atoms with E-state index in [2.05, 4.69) is 15.3 Å². The van der Waals surface area contributed by atoms with Crippen molar-refractivity contribution in [2.75, 3.05) is 5.32 Å². The molecule has 0 aliphatic carbocycles. The Hall–Kier alpha value is -3.08. The van der Waals surface area contributed by atoms with Crippen molar-refractivity contribution in [3.05, 3.63) is 78.0 Å². The van der Waals surface area contributed by atoms with Gasteiger partial charge in [-0.25, -0.2) is 4.39 Å². The second-order valence-electron chi connectivity index (χ2n) is 5.03. The van der Waals surface area contributed by atoms with Crippen molar-refractivity contribution in [3.63, 3.8) is 0 Å². The summed E-state index contributed by atoms with van der Waals surface area (Å²) in [6.07, 6.45) is 3.22. The van der Waals surface area contributed by atoms with Crippen molar-refractivity contribution in [2.24, 2.45) is 0 Å². The van der Waals surface area contributed by atoms with Gasteiger partial charge in [-0.05, 0) is 55.5 Å². The van der Waals surface area contributed by atoms with Crippen LogP contribution in [-0.2, 0) is 0 Å². The summed E-state index contributed by atoms with van der Waals surface area (Å²) in [5.41, 5.74) is 3.21. The van der Waals surface area contributed by atoms with Crippen molar-refractivity contribution in [1.82, 2.24) is 9.97 Å². The zero-order valence-corrected chi connectivity index (χ0v) is 12.5. The van der Waals surface area contributed by atoms with Gasteiger partial charge in [0.05, 0.1) is 28.8 Å². The van der Waals surface area contributed by atoms with Gasteiger partial charge in [0, 0.05) is 11.8 Å². The molecule has 0 spiro atoms. The summed E-state index contributed by atoms with van der Waals surface area (Å²) in [7, 11) is 0. The molecule has 1 aromatic carbocycles. The van der Waals surface area contributed by atoms with E-state index in [9.17, 15) is 9.18 Å². The van der Waals surface area contributed by atoms with E-state index < -0.39 is 0 Å². The zero-order chi connectivity index (χ0) is 16.2. The van der Waals surface area contributed by atoms with Gasteiger partial charge >= 0.3 is 0 Å². The number of aryl methyl sites for hydroxylation is 1. The second-order valence-corrected chi connectivity index (χ2v) is 5.03. The number of hydrogen-bond donors (Lipinski definition) is 1. The molecule has 2 aromatic heterocycles. The first kappa shape index (κ1) is 14.8. The Labute approximate surface area is 133 Å². The molecule has 114 valence electrons. The monoisotopic (exact) mass is 307 g/mol. The third-order valence-corrected chi connectivity index (χ3v) is 3.39. The maximum absolute atomic E-state index is 13.0. The van der Waals surface area contributed by atoms with Crippen molar-refractivity contribution < 1.29 is 9.18 Å². The fraction of sp³-hybridized carbons (Fsp3) is 0.0556. The van der Waals surface area contributed by atoms with Crippen LogP contribution in [0.25, 0.3) is 11.3 Å². The minimum absolute atomic E-state index is 0.242. The van der Waals surface area contributed by atoms with Gasteiger partial charge in [0.1, 0.15) is 5.82 Å². The average molecular weight is 307 g/mol. The lowest BCUT2D eigenvalue weighted by Gasteiger charge is -2.09. The van der Waals surface area contributed by atoms with Crippen LogP contribution in [0.2, 0.25) is 0 Å². The standard InChI is InChI=1S/C18H14FN3O/c1-12-16(18(23)22-15-3-2-10-20-11-15)8-9-17(21-12)13-4-6-14(19)7-5-13/h2-11H,1H3,(H,22,23). The van der Waals surface area contributed by atoms with Crippen molar-refractivity contribution in [3.8, 4) is 11.3 Å². The van der Waals surface area contributed by atoms with Crippen LogP contribution in [-0.4, -0.2) is 15.9 Å². The molecular formula is C18H14FN3O. The first-order valence-corrected chi connectivity index (χ1v) is 7.08. The van der Waals surface area contributed by atoms with E-state index in [1.807, 2.05) is 0 Å². The highest BCUT2D eigenvalue weighted by Gasteiger charge is 2.12. The van der Waals surface area contributed by atoms with Gasteiger partial charge in [0.25, 0.3) is 5.91 Å². The quantitative estimate of drug-likeness (QED) is 0.799. The third-order valence-electron chi connectivity index (χ3n) is 3.39. The first-order chi connectivity index (χ1) is 11.1. The Balaban J connectivity index is 1.84. The molecule has 0 aliphatic rings. The fourth-order valence-electron chi connectivity index (χ4n) is 2.22. The molecule has 2 heterocycles. The molecule has 1 amide bonds. The van der Waals surface area contributed by atoms with Gasteiger partial charge in [0.15, 0.2) is 0 Å². The summed E-state index contributed by atoms with van der Waals surface area (Å²) in [5, 5.41) is 2.77. The summed E-state index contributed by atoms with van der Waals surface area (Å²) in [6, 6.07) is 13.1. The number of nitrogens with one attached hydrogen (secondary N) is 1. The highest BCUT2D eigenvalue weighted by atomic mass is 19.1. The van der Waals surface area contributed by atoms with Gasteiger partial charge in [-0.1, -0.05) is 0 Å². The predicted molar refractivity (Wildman–Crippen MR) is 86.6 cm³/mol. The minimum atomic E-state index is -0.294. The Morgan fingerprint density at radius 1 is 1.09 bits per heavy atom. The number of carbonyl (C=O) groups is 1. The molecule has 0 atom stereocenters. The smallest absolute Gasteiger partial charge is 0.257 e. The van der Waals surface area contributed by atoms with Gasteiger partial charge in [-0.3, -0.25) is 14.8 Å². The van der Waals surface area contributed by atoms with Gasteiger partial charge in [-0.15, -0.1) is 0 Å². The molecule has 0 fully saturated rings. The molecule has 1 N–H and O–H groups in total. The molecule has 0 bridgehead atoms. The van der Waals surface area contributed by atoms with Crippen LogP contribution in [0.5, 0.6) is 0 Å². The van der Waals surface area contributed by atoms with Gasteiger partial charge in [-0.2, -0.15) is 0 Å². The van der Waals surface area contributed by atoms with E-state index in [0.717, 1.165) is 5.56 Å². The molecule has 23 heavy (non-hydrogen) atoms. The number of aromatic nitrogens is 2. The molecule has 0 unspecified atom stereocenters. The molecule has 0 radical (unpaired) electrons. The van der Waals surface area contributed by atoms with Crippen LogP contribution in [0.15, 0.2) is 60.9 Å². The first-order valence-electron chi connectivity index (χ1n) is 7.08. The molecular weight excluding hydrogens is 293 g/mol. The number of hydrogen-bond acceptors (Lipinski definition) is 3. The molecule has 5 heteroatoms. The number of amides is 1. The van der Waals surface area contributed by atoms with Crippen LogP contribution in [0, 0.1) is 12.7 Å². The molecule has 4 nitrogen and oxygen atoms in total. The molecule has 0 saturated heterocycles. The van der Waals surface area contributed by atoms with Crippen LogP contribution in [0.4, 0.5) is 10.1 Å². The normalized spacial score (nSPS) is 10.3. The van der Waals surface area contributed by atoms with Crippen molar-refractivity contribution >= 4 is 11.6 Å². The Kier molecular flexibility index (Phi) is 4.10. The topological polar surface area (TPSA) is 54.9 Å². The fourth-order valence-corrected chi connectivity index (χ4v) is 2.22. The Morgan fingerprint density at radius 3 is 2.52 bits per heavy atom. The number of nitrogens with zero attached hydrogens (tertiary/aromatic N) is 2. The van der Waals surface area contributed by atoms with Crippen LogP contribution >= 0.6 is 0 Å². The zero-order valence-electron chi connectivity index (χ0n) is 12.5. The number of halogens is 1. The van der Waals surface area contributed by atoms with Crippen LogP contribution in [0.1, 0.15) is 16.1 Å². The maximum Gasteiger partial charge on any atom is 0.257 e. The summed E-state index contributed by atoms with van der Waals surface area (Å²) >= 11 is 0. The number of rotatable bonds is 3. The number of anilines is 1. The summed E-state index contributed by atoms with van der Waals surface area (Å²) < 4.78 is 13.0. The van der Waals surface area contributed by atoms with Gasteiger partial charge in [0.2, 0.25) is 0 Å². The average Bonchev–Trinajstić information content (AvgIpc) is 2.56. The summed E-state index contributed by atoms with van der Waals surface area (Å²) in [5.74, 6) is -0.536. The van der Waals surface area contributed by atoms with Crippen LogP contribution < -0.4 is 5.32 Å². The Morgan fingerprint density at radius 2 is 1.87 bits per heavy atom. The van der Waals surface area contributed by atoms with E-state index in [1.165, 1.54) is 12.1 Å². The van der Waals surface area contributed by atoms with Crippen molar-refractivity contribution in [1.29, 1.82) is 0 Å². The number of carbonyl (C=O) groups excluding carboxylic acids is 1. The van der Waals surface area contributed by atoms with E-state index in [0.29, 0.717) is 22.6 Å². The predicted octanol–water partition coefficient (Wildman–Crippen LogP) is 3.84. The lowest BCUT2D eigenvalue weighted by molar-refractivity contribution is 0.102. The maximum atomic E-state index is 13.0. The largest absolute Gasteiger partial charge is 0.321 e. The molecule has 3 aromatic rings. The number of pyridine rings is 2. The lowest BCUT2D eigenvalue weighted by atomic mass is 10.1. The summed E-state index contributed by atoms with van der Waals surface area (Å²) in [6.45, 7) is 1.77. The highest BCUT2D eigenvalue weighted by Crippen LogP contribution is 2.20. The number of benzene rings is 1. The SMILES string of the molecule is Cc1nc(-c2ccc(F)cc2)ccc1C(=O)Nc1cccnc1. The van der Waals surface area contributed by atoms with Crippen molar-refractivity contribution in [2.45, 2.75) is 6.92 Å². The lowest BCUT2D eigenvalue weighted by Crippen LogP contribution is -2.14. The minimum Gasteiger partial charge on any atom is -0.321 e. The highest BCUT2D eigenvalue weighted by molar-refractivity contribution is 6.05. The van der Waals surface area contributed by atoms with Crippen LogP contribution in [0.3, 0.4) is 0 Å². The van der Waals surface area contributed by atoms with E-state index in [-0.39, 0.29) is 11.7 Å². The van der Waals surface area contributed by atoms with Gasteiger partial charge < -0.3 is 5.32 Å². The molecule has 0 saturated carbocycles. The molecule has 0 aliphatic heterocycles. The molecule has 3 rings (SSSR count). The Bertz CT molecular complexity index is 833. The second kappa shape index (κ2) is 6.36.